The van der Waals surface area contributed by atoms with Crippen LogP contribution in [-0.2, 0) is 16.6 Å². The molecule has 1 aliphatic carbocycles. The van der Waals surface area contributed by atoms with Crippen LogP contribution in [0.2, 0.25) is 0 Å². The van der Waals surface area contributed by atoms with E-state index in [0.717, 1.165) is 24.2 Å². The Morgan fingerprint density at radius 1 is 1.12 bits per heavy atom. The number of amides is 1. The molecule has 7 heteroatoms. The number of primary sulfonamides is 1. The van der Waals surface area contributed by atoms with E-state index in [2.05, 4.69) is 0 Å². The van der Waals surface area contributed by atoms with Crippen LogP contribution in [0.1, 0.15) is 28.8 Å². The number of hydrogen-bond donors (Lipinski definition) is 1. The van der Waals surface area contributed by atoms with Crippen molar-refractivity contribution in [2.45, 2.75) is 30.3 Å². The quantitative estimate of drug-likeness (QED) is 0.855. The van der Waals surface area contributed by atoms with Gasteiger partial charge in [-0.3, -0.25) is 4.79 Å². The van der Waals surface area contributed by atoms with Crippen LogP contribution in [0.5, 0.6) is 5.75 Å². The van der Waals surface area contributed by atoms with Crippen LogP contribution in [0.25, 0.3) is 0 Å². The van der Waals surface area contributed by atoms with Crippen LogP contribution in [0.3, 0.4) is 0 Å². The Labute approximate surface area is 147 Å². The normalized spacial score (nSPS) is 14.2. The van der Waals surface area contributed by atoms with Gasteiger partial charge in [-0.15, -0.1) is 0 Å². The fourth-order valence-electron chi connectivity index (χ4n) is 2.63. The van der Waals surface area contributed by atoms with Crippen LogP contribution in [-0.4, -0.2) is 32.4 Å². The predicted molar refractivity (Wildman–Crippen MR) is 93.7 cm³/mol. The molecule has 0 unspecified atom stereocenters. The number of ether oxygens (including phenoxy) is 1. The first-order chi connectivity index (χ1) is 11.9. The Morgan fingerprint density at radius 2 is 1.72 bits per heavy atom. The van der Waals surface area contributed by atoms with E-state index in [4.69, 9.17) is 9.88 Å². The van der Waals surface area contributed by atoms with Crippen LogP contribution in [0, 0.1) is 0 Å². The molecule has 25 heavy (non-hydrogen) atoms. The molecule has 0 bridgehead atoms. The predicted octanol–water partition coefficient (Wildman–Crippen LogP) is 2.15. The van der Waals surface area contributed by atoms with Crippen LogP contribution in [0.15, 0.2) is 53.4 Å². The van der Waals surface area contributed by atoms with Crippen LogP contribution in [0.4, 0.5) is 0 Å². The average Bonchev–Trinajstić information content (AvgIpc) is 3.44. The summed E-state index contributed by atoms with van der Waals surface area (Å²) in [6.45, 7) is 0.504. The minimum Gasteiger partial charge on any atom is -0.497 e. The summed E-state index contributed by atoms with van der Waals surface area (Å²) >= 11 is 0. The molecule has 6 nitrogen and oxygen atoms in total. The molecule has 0 aliphatic heterocycles. The first-order valence-corrected chi connectivity index (χ1v) is 9.50. The van der Waals surface area contributed by atoms with E-state index in [1.165, 1.54) is 24.3 Å². The van der Waals surface area contributed by atoms with Gasteiger partial charge in [-0.1, -0.05) is 12.1 Å². The Balaban J connectivity index is 1.79. The molecule has 0 radical (unpaired) electrons. The Hall–Kier alpha value is -2.38. The Morgan fingerprint density at radius 3 is 2.20 bits per heavy atom. The molecule has 2 N–H and O–H groups in total. The van der Waals surface area contributed by atoms with Crippen molar-refractivity contribution in [2.24, 2.45) is 5.14 Å². The number of carbonyl (C=O) groups is 1. The van der Waals surface area contributed by atoms with Crippen molar-refractivity contribution in [1.29, 1.82) is 0 Å². The third-order valence-corrected chi connectivity index (χ3v) is 5.12. The maximum atomic E-state index is 12.8. The molecule has 1 amide bonds. The van der Waals surface area contributed by atoms with Crippen LogP contribution >= 0.6 is 0 Å². The molecule has 0 atom stereocenters. The lowest BCUT2D eigenvalue weighted by atomic mass is 10.1. The van der Waals surface area contributed by atoms with Crippen molar-refractivity contribution < 1.29 is 17.9 Å². The monoisotopic (exact) mass is 360 g/mol. The van der Waals surface area contributed by atoms with E-state index >= 15 is 0 Å². The SMILES string of the molecule is COc1ccc(CN(C(=O)c2ccc(S(N)(=O)=O)cc2)C2CC2)cc1. The minimum absolute atomic E-state index is 0.00261. The molecule has 0 spiro atoms. The summed E-state index contributed by atoms with van der Waals surface area (Å²) in [4.78, 5) is 14.7. The van der Waals surface area contributed by atoms with Gasteiger partial charge in [0.05, 0.1) is 12.0 Å². The van der Waals surface area contributed by atoms with Gasteiger partial charge >= 0.3 is 0 Å². The van der Waals surface area contributed by atoms with Crippen molar-refractivity contribution in [2.75, 3.05) is 7.11 Å². The average molecular weight is 360 g/mol. The summed E-state index contributed by atoms with van der Waals surface area (Å²) in [5, 5.41) is 5.09. The molecule has 2 aromatic carbocycles. The van der Waals surface area contributed by atoms with E-state index in [1.54, 1.807) is 7.11 Å². The highest BCUT2D eigenvalue weighted by atomic mass is 32.2. The Kier molecular flexibility index (Phi) is 4.78. The molecule has 132 valence electrons. The lowest BCUT2D eigenvalue weighted by molar-refractivity contribution is 0.0730. The maximum absolute atomic E-state index is 12.8. The summed E-state index contributed by atoms with van der Waals surface area (Å²) in [5.41, 5.74) is 1.47. The zero-order valence-electron chi connectivity index (χ0n) is 13.9. The van der Waals surface area contributed by atoms with E-state index in [-0.39, 0.29) is 16.8 Å². The number of nitrogens with two attached hydrogens (primary N) is 1. The van der Waals surface area contributed by atoms with Gasteiger partial charge < -0.3 is 9.64 Å². The second-order valence-corrected chi connectivity index (χ2v) is 7.64. The van der Waals surface area contributed by atoms with Gasteiger partial charge in [-0.25, -0.2) is 13.6 Å². The molecular weight excluding hydrogens is 340 g/mol. The number of sulfonamides is 1. The fourth-order valence-corrected chi connectivity index (χ4v) is 3.15. The van der Waals surface area contributed by atoms with Crippen molar-refractivity contribution in [3.05, 3.63) is 59.7 Å². The van der Waals surface area contributed by atoms with Crippen LogP contribution < -0.4 is 9.88 Å². The molecular formula is C18H20N2O4S. The van der Waals surface area contributed by atoms with Gasteiger partial charge in [0.2, 0.25) is 10.0 Å². The zero-order chi connectivity index (χ0) is 18.0. The second kappa shape index (κ2) is 6.85. The van der Waals surface area contributed by atoms with Crippen molar-refractivity contribution in [3.8, 4) is 5.75 Å². The van der Waals surface area contributed by atoms with E-state index in [9.17, 15) is 13.2 Å². The Bertz CT molecular complexity index is 857. The largest absolute Gasteiger partial charge is 0.497 e. The summed E-state index contributed by atoms with van der Waals surface area (Å²) in [5.74, 6) is 0.658. The maximum Gasteiger partial charge on any atom is 0.254 e. The van der Waals surface area contributed by atoms with E-state index < -0.39 is 10.0 Å². The highest BCUT2D eigenvalue weighted by Gasteiger charge is 2.33. The number of carbonyl (C=O) groups excluding carboxylic acids is 1. The molecule has 0 saturated heterocycles. The van der Waals surface area contributed by atoms with Crippen molar-refractivity contribution in [3.63, 3.8) is 0 Å². The van der Waals surface area contributed by atoms with Crippen molar-refractivity contribution in [1.82, 2.24) is 4.90 Å². The molecule has 0 aromatic heterocycles. The molecule has 2 aromatic rings. The first kappa shape index (κ1) is 17.4. The van der Waals surface area contributed by atoms with Gasteiger partial charge in [0.1, 0.15) is 5.75 Å². The van der Waals surface area contributed by atoms with E-state index in [0.29, 0.717) is 12.1 Å². The minimum atomic E-state index is -3.76. The van der Waals surface area contributed by atoms with Crippen molar-refractivity contribution >= 4 is 15.9 Å². The zero-order valence-corrected chi connectivity index (χ0v) is 14.7. The second-order valence-electron chi connectivity index (χ2n) is 6.08. The van der Waals surface area contributed by atoms with Gasteiger partial charge in [0.25, 0.3) is 5.91 Å². The number of benzene rings is 2. The standard InChI is InChI=1S/C18H20N2O4S/c1-24-16-8-2-13(3-9-16)12-20(15-6-7-15)18(21)14-4-10-17(11-5-14)25(19,22)23/h2-5,8-11,15H,6-7,12H2,1H3,(H2,19,22,23). The highest BCUT2D eigenvalue weighted by Crippen LogP contribution is 2.30. The number of nitrogens with zero attached hydrogens (tertiary/aromatic N) is 1. The molecule has 1 aliphatic rings. The fraction of sp³-hybridized carbons (Fsp3) is 0.278. The van der Waals surface area contributed by atoms with Gasteiger partial charge in [-0.05, 0) is 54.8 Å². The summed E-state index contributed by atoms with van der Waals surface area (Å²) < 4.78 is 27.8. The topological polar surface area (TPSA) is 89.7 Å². The van der Waals surface area contributed by atoms with Gasteiger partial charge in [-0.2, -0.15) is 0 Å². The van der Waals surface area contributed by atoms with Gasteiger partial charge in [0, 0.05) is 18.2 Å². The lowest BCUT2D eigenvalue weighted by Crippen LogP contribution is -2.32. The lowest BCUT2D eigenvalue weighted by Gasteiger charge is -2.23. The summed E-state index contributed by atoms with van der Waals surface area (Å²) in [7, 11) is -2.15. The molecule has 0 heterocycles. The highest BCUT2D eigenvalue weighted by molar-refractivity contribution is 7.89. The molecule has 3 rings (SSSR count). The van der Waals surface area contributed by atoms with Gasteiger partial charge in [0.15, 0.2) is 0 Å². The number of methoxy groups -OCH3 is 1. The number of rotatable bonds is 6. The smallest absolute Gasteiger partial charge is 0.254 e. The van der Waals surface area contributed by atoms with E-state index in [1.807, 2.05) is 29.2 Å². The summed E-state index contributed by atoms with van der Waals surface area (Å²) in [6.07, 6.45) is 1.97. The molecule has 1 saturated carbocycles. The third kappa shape index (κ3) is 4.18. The third-order valence-electron chi connectivity index (χ3n) is 4.19. The number of hydrogen-bond acceptors (Lipinski definition) is 4. The summed E-state index contributed by atoms with van der Waals surface area (Å²) in [6, 6.07) is 13.6. The first-order valence-electron chi connectivity index (χ1n) is 7.95. The molecule has 1 fully saturated rings.